The summed E-state index contributed by atoms with van der Waals surface area (Å²) in [7, 11) is 1.42. The van der Waals surface area contributed by atoms with Crippen molar-refractivity contribution in [3.05, 3.63) is 47.3 Å². The Morgan fingerprint density at radius 2 is 1.96 bits per heavy atom. The van der Waals surface area contributed by atoms with Gasteiger partial charge in [0.25, 0.3) is 5.91 Å². The van der Waals surface area contributed by atoms with E-state index >= 15 is 0 Å². The van der Waals surface area contributed by atoms with Crippen molar-refractivity contribution >= 4 is 5.91 Å². The second-order valence-electron chi connectivity index (χ2n) is 7.27. The van der Waals surface area contributed by atoms with Crippen molar-refractivity contribution in [2.75, 3.05) is 20.2 Å². The highest BCUT2D eigenvalue weighted by Crippen LogP contribution is 2.41. The van der Waals surface area contributed by atoms with Gasteiger partial charge in [-0.15, -0.1) is 0 Å². The average Bonchev–Trinajstić information content (AvgIpc) is 3.43. The standard InChI is InChI=1S/C20H24FN3O2/c1-13-12-22-19(14-3-4-14)24(13)16-7-9-23(10-8-16)20(25)15-5-6-18(26-2)17(21)11-15/h5-6,11-12,14,16H,3-4,7-10H2,1-2H3. The number of hydrogen-bond acceptors (Lipinski definition) is 3. The van der Waals surface area contributed by atoms with Gasteiger partial charge in [0.1, 0.15) is 5.82 Å². The van der Waals surface area contributed by atoms with E-state index in [0.717, 1.165) is 12.8 Å². The first-order valence-corrected chi connectivity index (χ1v) is 9.25. The van der Waals surface area contributed by atoms with Gasteiger partial charge in [0.2, 0.25) is 0 Å². The molecule has 2 aliphatic rings. The Kier molecular flexibility index (Phi) is 4.42. The molecular formula is C20H24FN3O2. The molecule has 1 amide bonds. The fourth-order valence-corrected chi connectivity index (χ4v) is 3.89. The molecule has 5 nitrogen and oxygen atoms in total. The third-order valence-electron chi connectivity index (χ3n) is 5.47. The Morgan fingerprint density at radius 1 is 1.23 bits per heavy atom. The predicted molar refractivity (Wildman–Crippen MR) is 96.1 cm³/mol. The third kappa shape index (κ3) is 3.08. The van der Waals surface area contributed by atoms with E-state index in [1.165, 1.54) is 43.6 Å². The lowest BCUT2D eigenvalue weighted by Crippen LogP contribution is -2.39. The topological polar surface area (TPSA) is 47.4 Å². The van der Waals surface area contributed by atoms with Gasteiger partial charge in [0.05, 0.1) is 7.11 Å². The number of carbonyl (C=O) groups is 1. The molecule has 1 aliphatic carbocycles. The molecule has 26 heavy (non-hydrogen) atoms. The number of nitrogens with zero attached hydrogens (tertiary/aromatic N) is 3. The van der Waals surface area contributed by atoms with Crippen LogP contribution in [-0.2, 0) is 0 Å². The van der Waals surface area contributed by atoms with Crippen LogP contribution >= 0.6 is 0 Å². The van der Waals surface area contributed by atoms with Gasteiger partial charge < -0.3 is 14.2 Å². The van der Waals surface area contributed by atoms with Crippen LogP contribution in [0.5, 0.6) is 5.75 Å². The van der Waals surface area contributed by atoms with E-state index in [-0.39, 0.29) is 11.7 Å². The van der Waals surface area contributed by atoms with Crippen LogP contribution in [0.3, 0.4) is 0 Å². The molecule has 138 valence electrons. The first-order chi connectivity index (χ1) is 12.6. The first kappa shape index (κ1) is 17.1. The van der Waals surface area contributed by atoms with Crippen LogP contribution in [0.1, 0.15) is 59.5 Å². The molecule has 4 rings (SSSR count). The number of rotatable bonds is 4. The number of amides is 1. The summed E-state index contributed by atoms with van der Waals surface area (Å²) in [6.07, 6.45) is 6.24. The maximum atomic E-state index is 13.9. The van der Waals surface area contributed by atoms with Crippen LogP contribution in [0.2, 0.25) is 0 Å². The van der Waals surface area contributed by atoms with Gasteiger partial charge in [-0.2, -0.15) is 0 Å². The average molecular weight is 357 g/mol. The summed E-state index contributed by atoms with van der Waals surface area (Å²) < 4.78 is 21.2. The molecule has 0 N–H and O–H groups in total. The number of ether oxygens (including phenoxy) is 1. The molecular weight excluding hydrogens is 333 g/mol. The second kappa shape index (κ2) is 6.74. The van der Waals surface area contributed by atoms with E-state index in [1.54, 1.807) is 6.07 Å². The van der Waals surface area contributed by atoms with E-state index in [1.807, 2.05) is 11.1 Å². The minimum Gasteiger partial charge on any atom is -0.494 e. The van der Waals surface area contributed by atoms with Crippen LogP contribution in [0.4, 0.5) is 4.39 Å². The molecule has 0 spiro atoms. The van der Waals surface area contributed by atoms with Gasteiger partial charge >= 0.3 is 0 Å². The van der Waals surface area contributed by atoms with Crippen molar-refractivity contribution in [3.8, 4) is 5.75 Å². The Bertz CT molecular complexity index is 820. The molecule has 0 unspecified atom stereocenters. The number of imidazole rings is 1. The van der Waals surface area contributed by atoms with E-state index in [4.69, 9.17) is 4.74 Å². The van der Waals surface area contributed by atoms with Gasteiger partial charge in [-0.05, 0) is 50.8 Å². The predicted octanol–water partition coefficient (Wildman–Crippen LogP) is 3.69. The van der Waals surface area contributed by atoms with Gasteiger partial charge in [0, 0.05) is 42.5 Å². The fraction of sp³-hybridized carbons (Fsp3) is 0.500. The molecule has 0 bridgehead atoms. The Balaban J connectivity index is 1.44. The van der Waals surface area contributed by atoms with Crippen LogP contribution in [0.15, 0.2) is 24.4 Å². The molecule has 1 aliphatic heterocycles. The Labute approximate surface area is 152 Å². The Hall–Kier alpha value is -2.37. The smallest absolute Gasteiger partial charge is 0.253 e. The fourth-order valence-electron chi connectivity index (χ4n) is 3.89. The molecule has 1 aromatic carbocycles. The third-order valence-corrected chi connectivity index (χ3v) is 5.47. The zero-order valence-electron chi connectivity index (χ0n) is 15.2. The van der Waals surface area contributed by atoms with E-state index in [0.29, 0.717) is 30.6 Å². The van der Waals surface area contributed by atoms with Crippen molar-refractivity contribution in [1.82, 2.24) is 14.5 Å². The molecule has 6 heteroatoms. The first-order valence-electron chi connectivity index (χ1n) is 9.25. The number of methoxy groups -OCH3 is 1. The summed E-state index contributed by atoms with van der Waals surface area (Å²) >= 11 is 0. The maximum absolute atomic E-state index is 13.9. The lowest BCUT2D eigenvalue weighted by atomic mass is 10.0. The summed E-state index contributed by atoms with van der Waals surface area (Å²) in [6.45, 7) is 3.47. The van der Waals surface area contributed by atoms with Crippen LogP contribution in [0.25, 0.3) is 0 Å². The van der Waals surface area contributed by atoms with Gasteiger partial charge in [-0.3, -0.25) is 4.79 Å². The molecule has 1 aromatic heterocycles. The highest BCUT2D eigenvalue weighted by molar-refractivity contribution is 5.94. The molecule has 1 saturated heterocycles. The number of aromatic nitrogens is 2. The SMILES string of the molecule is COc1ccc(C(=O)N2CCC(n3c(C)cnc3C3CC3)CC2)cc1F. The van der Waals surface area contributed by atoms with Crippen molar-refractivity contribution < 1.29 is 13.9 Å². The molecule has 0 atom stereocenters. The van der Waals surface area contributed by atoms with Gasteiger partial charge in [-0.25, -0.2) is 9.37 Å². The molecule has 2 heterocycles. The zero-order valence-corrected chi connectivity index (χ0v) is 15.2. The molecule has 2 fully saturated rings. The van der Waals surface area contributed by atoms with Gasteiger partial charge in [-0.1, -0.05) is 0 Å². The van der Waals surface area contributed by atoms with E-state index in [9.17, 15) is 9.18 Å². The van der Waals surface area contributed by atoms with Crippen LogP contribution < -0.4 is 4.74 Å². The number of carbonyl (C=O) groups excluding carboxylic acids is 1. The summed E-state index contributed by atoms with van der Waals surface area (Å²) in [6, 6.07) is 4.79. The molecule has 1 saturated carbocycles. The van der Waals surface area contributed by atoms with Crippen LogP contribution in [0, 0.1) is 12.7 Å². The zero-order chi connectivity index (χ0) is 18.3. The van der Waals surface area contributed by atoms with Crippen molar-refractivity contribution in [1.29, 1.82) is 0 Å². The quantitative estimate of drug-likeness (QED) is 0.838. The summed E-state index contributed by atoms with van der Waals surface area (Å²) in [5.74, 6) is 1.37. The highest BCUT2D eigenvalue weighted by atomic mass is 19.1. The number of piperidine rings is 1. The van der Waals surface area contributed by atoms with Gasteiger partial charge in [0.15, 0.2) is 11.6 Å². The lowest BCUT2D eigenvalue weighted by Gasteiger charge is -2.34. The number of aryl methyl sites for hydroxylation is 1. The largest absolute Gasteiger partial charge is 0.494 e. The molecule has 0 radical (unpaired) electrons. The summed E-state index contributed by atoms with van der Waals surface area (Å²) in [4.78, 5) is 19.1. The summed E-state index contributed by atoms with van der Waals surface area (Å²) in [5, 5.41) is 0. The Morgan fingerprint density at radius 3 is 2.58 bits per heavy atom. The maximum Gasteiger partial charge on any atom is 0.253 e. The minimum atomic E-state index is -0.503. The number of halogens is 1. The number of likely N-dealkylation sites (tertiary alicyclic amines) is 1. The molecule has 2 aromatic rings. The number of benzene rings is 1. The van der Waals surface area contributed by atoms with Crippen LogP contribution in [-0.4, -0.2) is 40.6 Å². The normalized spacial score (nSPS) is 18.2. The lowest BCUT2D eigenvalue weighted by molar-refractivity contribution is 0.0692. The van der Waals surface area contributed by atoms with E-state index < -0.39 is 5.82 Å². The van der Waals surface area contributed by atoms with Crippen molar-refractivity contribution in [3.63, 3.8) is 0 Å². The summed E-state index contributed by atoms with van der Waals surface area (Å²) in [5.41, 5.74) is 1.58. The van der Waals surface area contributed by atoms with Crippen molar-refractivity contribution in [2.45, 2.75) is 44.6 Å². The number of hydrogen-bond donors (Lipinski definition) is 0. The second-order valence-corrected chi connectivity index (χ2v) is 7.27. The minimum absolute atomic E-state index is 0.116. The monoisotopic (exact) mass is 357 g/mol. The van der Waals surface area contributed by atoms with Crippen molar-refractivity contribution in [2.24, 2.45) is 0 Å². The highest BCUT2D eigenvalue weighted by Gasteiger charge is 2.33. The van der Waals surface area contributed by atoms with E-state index in [2.05, 4.69) is 16.5 Å².